The first-order chi connectivity index (χ1) is 9.94. The van der Waals surface area contributed by atoms with Crippen molar-refractivity contribution in [3.63, 3.8) is 0 Å². The van der Waals surface area contributed by atoms with Crippen molar-refractivity contribution < 1.29 is 17.9 Å². The molecule has 0 spiro atoms. The second kappa shape index (κ2) is 6.25. The summed E-state index contributed by atoms with van der Waals surface area (Å²) in [4.78, 5) is 17.9. The fraction of sp³-hybridized carbons (Fsp3) is 0.167. The zero-order valence-electron chi connectivity index (χ0n) is 11.0. The van der Waals surface area contributed by atoms with Crippen LogP contribution in [-0.4, -0.2) is 31.5 Å². The minimum atomic E-state index is -3.88. The van der Waals surface area contributed by atoms with Crippen molar-refractivity contribution in [1.82, 2.24) is 14.7 Å². The summed E-state index contributed by atoms with van der Waals surface area (Å²) < 4.78 is 31.3. The second-order valence-electron chi connectivity index (χ2n) is 4.00. The van der Waals surface area contributed by atoms with Crippen LogP contribution in [0.5, 0.6) is 0 Å². The number of aromatic nitrogens is 2. The molecule has 0 aliphatic rings. The highest BCUT2D eigenvalue weighted by atomic mass is 35.5. The van der Waals surface area contributed by atoms with Crippen LogP contribution in [-0.2, 0) is 21.3 Å². The van der Waals surface area contributed by atoms with Gasteiger partial charge in [-0.1, -0.05) is 11.6 Å². The predicted octanol–water partition coefficient (Wildman–Crippen LogP) is 1.33. The lowest BCUT2D eigenvalue weighted by Crippen LogP contribution is -2.24. The van der Waals surface area contributed by atoms with E-state index in [1.165, 1.54) is 31.5 Å². The third-order valence-corrected chi connectivity index (χ3v) is 4.51. The summed E-state index contributed by atoms with van der Waals surface area (Å²) in [5.41, 5.74) is 0.0975. The number of esters is 1. The summed E-state index contributed by atoms with van der Waals surface area (Å²) in [5, 5.41) is 0.00889. The lowest BCUT2D eigenvalue weighted by Gasteiger charge is -2.09. The fourth-order valence-corrected chi connectivity index (χ4v) is 3.10. The van der Waals surface area contributed by atoms with E-state index in [2.05, 4.69) is 19.4 Å². The largest absolute Gasteiger partial charge is 0.465 e. The van der Waals surface area contributed by atoms with Gasteiger partial charge in [0.05, 0.1) is 24.2 Å². The minimum Gasteiger partial charge on any atom is -0.465 e. The SMILES string of the molecule is COC(=O)c1ccc(Cl)c(S(=O)(=O)NCc2ncc[nH]2)c1. The Balaban J connectivity index is 2.28. The van der Waals surface area contributed by atoms with Gasteiger partial charge in [0.15, 0.2) is 0 Å². The summed E-state index contributed by atoms with van der Waals surface area (Å²) >= 11 is 5.89. The number of rotatable bonds is 5. The number of benzene rings is 1. The number of halogens is 1. The molecule has 1 aromatic heterocycles. The van der Waals surface area contributed by atoms with Gasteiger partial charge in [-0.05, 0) is 18.2 Å². The molecule has 0 amide bonds. The Morgan fingerprint density at radius 2 is 2.24 bits per heavy atom. The Kier molecular flexibility index (Phi) is 4.61. The lowest BCUT2D eigenvalue weighted by molar-refractivity contribution is 0.0600. The molecule has 0 fully saturated rings. The Morgan fingerprint density at radius 1 is 1.48 bits per heavy atom. The monoisotopic (exact) mass is 329 g/mol. The van der Waals surface area contributed by atoms with Crippen molar-refractivity contribution >= 4 is 27.6 Å². The molecular formula is C12H12ClN3O4S. The molecule has 1 heterocycles. The number of nitrogens with one attached hydrogen (secondary N) is 2. The van der Waals surface area contributed by atoms with E-state index in [0.29, 0.717) is 5.82 Å². The maximum absolute atomic E-state index is 12.2. The Bertz CT molecular complexity index is 744. The van der Waals surface area contributed by atoms with Crippen LogP contribution < -0.4 is 4.72 Å². The molecule has 2 N–H and O–H groups in total. The van der Waals surface area contributed by atoms with Gasteiger partial charge in [0.1, 0.15) is 10.7 Å². The molecule has 1 aromatic carbocycles. The third-order valence-electron chi connectivity index (χ3n) is 2.63. The highest BCUT2D eigenvalue weighted by Gasteiger charge is 2.20. The van der Waals surface area contributed by atoms with Gasteiger partial charge in [0.2, 0.25) is 10.0 Å². The topological polar surface area (TPSA) is 101 Å². The number of nitrogens with zero attached hydrogens (tertiary/aromatic N) is 1. The van der Waals surface area contributed by atoms with Crippen molar-refractivity contribution in [1.29, 1.82) is 0 Å². The lowest BCUT2D eigenvalue weighted by atomic mass is 10.2. The van der Waals surface area contributed by atoms with Crippen molar-refractivity contribution in [3.8, 4) is 0 Å². The van der Waals surface area contributed by atoms with Crippen molar-refractivity contribution in [2.75, 3.05) is 7.11 Å². The zero-order chi connectivity index (χ0) is 15.5. The number of aromatic amines is 1. The van der Waals surface area contributed by atoms with Gasteiger partial charge >= 0.3 is 5.97 Å². The number of sulfonamides is 1. The van der Waals surface area contributed by atoms with Gasteiger partial charge in [0, 0.05) is 12.4 Å². The maximum Gasteiger partial charge on any atom is 0.337 e. The van der Waals surface area contributed by atoms with Gasteiger partial charge < -0.3 is 9.72 Å². The Morgan fingerprint density at radius 3 is 2.86 bits per heavy atom. The van der Waals surface area contributed by atoms with E-state index in [4.69, 9.17) is 11.6 Å². The van der Waals surface area contributed by atoms with Crippen molar-refractivity contribution in [2.45, 2.75) is 11.4 Å². The molecule has 0 atom stereocenters. The Hall–Kier alpha value is -1.90. The minimum absolute atomic E-state index is 0.00889. The number of imidazole rings is 1. The molecule has 0 unspecified atom stereocenters. The van der Waals surface area contributed by atoms with Crippen LogP contribution in [0.25, 0.3) is 0 Å². The first-order valence-electron chi connectivity index (χ1n) is 5.80. The van der Waals surface area contributed by atoms with Gasteiger partial charge in [-0.25, -0.2) is 22.9 Å². The van der Waals surface area contributed by atoms with Gasteiger partial charge in [-0.3, -0.25) is 0 Å². The molecule has 0 bridgehead atoms. The van der Waals surface area contributed by atoms with E-state index < -0.39 is 16.0 Å². The van der Waals surface area contributed by atoms with E-state index in [1.54, 1.807) is 6.20 Å². The number of hydrogen-bond donors (Lipinski definition) is 2. The van der Waals surface area contributed by atoms with E-state index >= 15 is 0 Å². The predicted molar refractivity (Wildman–Crippen MR) is 75.4 cm³/mol. The number of H-pyrrole nitrogens is 1. The molecule has 0 saturated heterocycles. The van der Waals surface area contributed by atoms with E-state index in [9.17, 15) is 13.2 Å². The molecule has 0 saturated carbocycles. The smallest absolute Gasteiger partial charge is 0.337 e. The summed E-state index contributed by atoms with van der Waals surface area (Å²) in [7, 11) is -2.67. The standard InChI is InChI=1S/C12H12ClN3O4S/c1-20-12(17)8-2-3-9(13)10(6-8)21(18,19)16-7-11-14-4-5-15-11/h2-6,16H,7H2,1H3,(H,14,15). The molecule has 9 heteroatoms. The van der Waals surface area contributed by atoms with Crippen LogP contribution in [0.1, 0.15) is 16.2 Å². The summed E-state index contributed by atoms with van der Waals surface area (Å²) in [6, 6.07) is 3.88. The molecule has 2 rings (SSSR count). The average molecular weight is 330 g/mol. The maximum atomic E-state index is 12.2. The molecule has 0 radical (unpaired) electrons. The summed E-state index contributed by atoms with van der Waals surface area (Å²) in [5.74, 6) is -0.187. The highest BCUT2D eigenvalue weighted by Crippen LogP contribution is 2.23. The molecule has 21 heavy (non-hydrogen) atoms. The van der Waals surface area contributed by atoms with Crippen LogP contribution in [0.15, 0.2) is 35.5 Å². The molecule has 112 valence electrons. The normalized spacial score (nSPS) is 11.3. The number of ether oxygens (including phenoxy) is 1. The molecule has 0 aliphatic carbocycles. The summed E-state index contributed by atoms with van der Waals surface area (Å²) in [6.45, 7) is -0.0197. The zero-order valence-corrected chi connectivity index (χ0v) is 12.5. The second-order valence-corrected chi connectivity index (χ2v) is 6.14. The van der Waals surface area contributed by atoms with Crippen LogP contribution in [0.3, 0.4) is 0 Å². The van der Waals surface area contributed by atoms with Crippen molar-refractivity contribution in [3.05, 3.63) is 47.0 Å². The van der Waals surface area contributed by atoms with Gasteiger partial charge in [0.25, 0.3) is 0 Å². The molecule has 2 aromatic rings. The first kappa shape index (κ1) is 15.5. The number of hydrogen-bond acceptors (Lipinski definition) is 5. The molecule has 0 aliphatic heterocycles. The first-order valence-corrected chi connectivity index (χ1v) is 7.66. The summed E-state index contributed by atoms with van der Waals surface area (Å²) in [6.07, 6.45) is 3.09. The third kappa shape index (κ3) is 3.60. The van der Waals surface area contributed by atoms with Crippen LogP contribution in [0, 0.1) is 0 Å². The average Bonchev–Trinajstić information content (AvgIpc) is 2.98. The fourth-order valence-electron chi connectivity index (χ4n) is 1.59. The van der Waals surface area contributed by atoms with E-state index in [0.717, 1.165) is 0 Å². The van der Waals surface area contributed by atoms with E-state index in [1.807, 2.05) is 0 Å². The van der Waals surface area contributed by atoms with Crippen LogP contribution in [0.2, 0.25) is 5.02 Å². The number of carbonyl (C=O) groups is 1. The van der Waals surface area contributed by atoms with Crippen molar-refractivity contribution in [2.24, 2.45) is 0 Å². The highest BCUT2D eigenvalue weighted by molar-refractivity contribution is 7.89. The number of carbonyl (C=O) groups excluding carboxylic acids is 1. The molecule has 7 nitrogen and oxygen atoms in total. The van der Waals surface area contributed by atoms with Gasteiger partial charge in [-0.2, -0.15) is 0 Å². The Labute approximate surface area is 126 Å². The van der Waals surface area contributed by atoms with Crippen LogP contribution >= 0.6 is 11.6 Å². The molecular weight excluding hydrogens is 318 g/mol. The number of methoxy groups -OCH3 is 1. The van der Waals surface area contributed by atoms with E-state index in [-0.39, 0.29) is 22.0 Å². The van der Waals surface area contributed by atoms with Gasteiger partial charge in [-0.15, -0.1) is 0 Å². The quantitative estimate of drug-likeness (QED) is 0.806. The van der Waals surface area contributed by atoms with Crippen LogP contribution in [0.4, 0.5) is 0 Å².